The maximum absolute atomic E-state index is 11.6. The van der Waals surface area contributed by atoms with Gasteiger partial charge in [0.2, 0.25) is 0 Å². The first-order valence-corrected chi connectivity index (χ1v) is 5.05. The smallest absolute Gasteiger partial charge is 0.250 e. The lowest BCUT2D eigenvalue weighted by molar-refractivity contribution is 0.642. The molecule has 4 nitrogen and oxygen atoms in total. The Labute approximate surface area is 82.9 Å². The van der Waals surface area contributed by atoms with E-state index < -0.39 is 0 Å². The van der Waals surface area contributed by atoms with Crippen molar-refractivity contribution in [1.82, 2.24) is 14.2 Å². The van der Waals surface area contributed by atoms with Crippen LogP contribution in [0.15, 0.2) is 29.2 Å². The summed E-state index contributed by atoms with van der Waals surface area (Å²) < 4.78 is 2.98. The van der Waals surface area contributed by atoms with Crippen LogP contribution in [0.4, 0.5) is 0 Å². The minimum absolute atomic E-state index is 0.0879. The Bertz CT molecular complexity index is 473. The highest BCUT2D eigenvalue weighted by atomic mass is 79.9. The number of halogens is 1. The van der Waals surface area contributed by atoms with Gasteiger partial charge in [-0.15, -0.1) is 5.10 Å². The highest BCUT2D eigenvalue weighted by Crippen LogP contribution is 1.95. The van der Waals surface area contributed by atoms with Gasteiger partial charge in [-0.3, -0.25) is 4.40 Å². The fourth-order valence-electron chi connectivity index (χ4n) is 1.19. The van der Waals surface area contributed by atoms with Gasteiger partial charge in [0, 0.05) is 11.5 Å². The van der Waals surface area contributed by atoms with E-state index in [2.05, 4.69) is 21.0 Å². The highest BCUT2D eigenvalue weighted by Gasteiger charge is 2.03. The van der Waals surface area contributed by atoms with Gasteiger partial charge >= 0.3 is 5.69 Å². The molecule has 2 aromatic rings. The van der Waals surface area contributed by atoms with Crippen LogP contribution in [-0.2, 0) is 6.54 Å². The van der Waals surface area contributed by atoms with Crippen molar-refractivity contribution >= 4 is 21.6 Å². The molecule has 0 aliphatic heterocycles. The third-order valence-corrected chi connectivity index (χ3v) is 2.14. The number of fused-ring (bicyclic) bond motifs is 1. The summed E-state index contributed by atoms with van der Waals surface area (Å²) in [5.41, 5.74) is 0.600. The standard InChI is InChI=1S/C8H8BrN3O/c9-4-6-12-8(13)11-5-2-1-3-7(11)10-12/h1-3,5H,4,6H2. The van der Waals surface area contributed by atoms with Crippen molar-refractivity contribution < 1.29 is 0 Å². The molecule has 0 aliphatic carbocycles. The minimum Gasteiger partial charge on any atom is -0.250 e. The van der Waals surface area contributed by atoms with E-state index in [0.717, 1.165) is 5.33 Å². The summed E-state index contributed by atoms with van der Waals surface area (Å²) in [5.74, 6) is 0. The first kappa shape index (κ1) is 8.50. The molecule has 0 spiro atoms. The van der Waals surface area contributed by atoms with Gasteiger partial charge in [-0.05, 0) is 12.1 Å². The average molecular weight is 242 g/mol. The molecule has 0 amide bonds. The van der Waals surface area contributed by atoms with Gasteiger partial charge in [0.05, 0.1) is 6.54 Å². The summed E-state index contributed by atoms with van der Waals surface area (Å²) in [6.07, 6.45) is 1.72. The SMILES string of the molecule is O=c1n(CCBr)nc2ccccn12. The van der Waals surface area contributed by atoms with Crippen molar-refractivity contribution in [2.75, 3.05) is 5.33 Å². The lowest BCUT2D eigenvalue weighted by Gasteiger charge is -1.90. The molecule has 0 bridgehead atoms. The quantitative estimate of drug-likeness (QED) is 0.733. The molecule has 0 aromatic carbocycles. The van der Waals surface area contributed by atoms with E-state index in [4.69, 9.17) is 0 Å². The Kier molecular flexibility index (Phi) is 2.18. The van der Waals surface area contributed by atoms with Gasteiger partial charge in [0.15, 0.2) is 5.65 Å². The van der Waals surface area contributed by atoms with Crippen LogP contribution in [0.25, 0.3) is 5.65 Å². The molecule has 0 atom stereocenters. The second kappa shape index (κ2) is 3.33. The highest BCUT2D eigenvalue weighted by molar-refractivity contribution is 9.09. The molecule has 2 heterocycles. The molecule has 5 heteroatoms. The molecule has 0 saturated carbocycles. The number of hydrogen-bond donors (Lipinski definition) is 0. The predicted molar refractivity (Wildman–Crippen MR) is 53.2 cm³/mol. The Morgan fingerprint density at radius 3 is 3.00 bits per heavy atom. The normalized spacial score (nSPS) is 10.8. The Balaban J connectivity index is 2.67. The number of aromatic nitrogens is 3. The number of nitrogens with zero attached hydrogens (tertiary/aromatic N) is 3. The van der Waals surface area contributed by atoms with Gasteiger partial charge in [-0.2, -0.15) is 0 Å². The molecule has 0 radical (unpaired) electrons. The minimum atomic E-state index is -0.0879. The summed E-state index contributed by atoms with van der Waals surface area (Å²) in [7, 11) is 0. The van der Waals surface area contributed by atoms with Crippen LogP contribution >= 0.6 is 15.9 Å². The van der Waals surface area contributed by atoms with Crippen LogP contribution in [0.3, 0.4) is 0 Å². The molecule has 68 valence electrons. The molecule has 0 saturated heterocycles. The fourth-order valence-corrected chi connectivity index (χ4v) is 1.53. The van der Waals surface area contributed by atoms with Crippen molar-refractivity contribution in [3.8, 4) is 0 Å². The van der Waals surface area contributed by atoms with Crippen molar-refractivity contribution in [3.63, 3.8) is 0 Å². The zero-order valence-corrected chi connectivity index (χ0v) is 8.44. The third kappa shape index (κ3) is 1.39. The molecule has 2 rings (SSSR count). The van der Waals surface area contributed by atoms with Crippen LogP contribution < -0.4 is 5.69 Å². The van der Waals surface area contributed by atoms with E-state index in [1.165, 1.54) is 9.08 Å². The van der Waals surface area contributed by atoms with Gasteiger partial charge in [-0.25, -0.2) is 9.48 Å². The lowest BCUT2D eigenvalue weighted by atomic mass is 10.5. The molecule has 0 fully saturated rings. The van der Waals surface area contributed by atoms with E-state index >= 15 is 0 Å². The summed E-state index contributed by atoms with van der Waals surface area (Å²) >= 11 is 3.27. The van der Waals surface area contributed by atoms with Crippen molar-refractivity contribution in [2.45, 2.75) is 6.54 Å². The summed E-state index contributed by atoms with van der Waals surface area (Å²) in [5, 5.41) is 4.87. The van der Waals surface area contributed by atoms with Crippen LogP contribution in [0.1, 0.15) is 0 Å². The summed E-state index contributed by atoms with van der Waals surface area (Å²) in [4.78, 5) is 11.6. The molecular formula is C8H8BrN3O. The second-order valence-corrected chi connectivity index (χ2v) is 3.42. The molecule has 0 aliphatic rings. The van der Waals surface area contributed by atoms with Crippen molar-refractivity contribution in [2.24, 2.45) is 0 Å². The third-order valence-electron chi connectivity index (χ3n) is 1.78. The van der Waals surface area contributed by atoms with Gasteiger partial charge in [0.25, 0.3) is 0 Å². The molecule has 2 aromatic heterocycles. The zero-order chi connectivity index (χ0) is 9.26. The first-order chi connectivity index (χ1) is 6.33. The maximum Gasteiger partial charge on any atom is 0.350 e. The molecular weight excluding hydrogens is 234 g/mol. The van der Waals surface area contributed by atoms with Crippen LogP contribution in [0, 0.1) is 0 Å². The summed E-state index contributed by atoms with van der Waals surface area (Å²) in [6.45, 7) is 0.598. The van der Waals surface area contributed by atoms with Crippen LogP contribution in [0.5, 0.6) is 0 Å². The number of rotatable bonds is 2. The van der Waals surface area contributed by atoms with Crippen LogP contribution in [0.2, 0.25) is 0 Å². The van der Waals surface area contributed by atoms with E-state index in [1.54, 1.807) is 6.20 Å². The number of alkyl halides is 1. The number of aryl methyl sites for hydroxylation is 1. The van der Waals surface area contributed by atoms with Gasteiger partial charge in [-0.1, -0.05) is 22.0 Å². The topological polar surface area (TPSA) is 39.3 Å². The fraction of sp³-hybridized carbons (Fsp3) is 0.250. The average Bonchev–Trinajstić information content (AvgIpc) is 2.46. The monoisotopic (exact) mass is 241 g/mol. The second-order valence-electron chi connectivity index (χ2n) is 2.62. The summed E-state index contributed by atoms with van der Waals surface area (Å²) in [6, 6.07) is 5.49. The largest absolute Gasteiger partial charge is 0.350 e. The maximum atomic E-state index is 11.6. The lowest BCUT2D eigenvalue weighted by Crippen LogP contribution is -2.21. The van der Waals surface area contributed by atoms with Gasteiger partial charge < -0.3 is 0 Å². The molecule has 0 unspecified atom stereocenters. The number of pyridine rings is 1. The van der Waals surface area contributed by atoms with Crippen molar-refractivity contribution in [3.05, 3.63) is 34.9 Å². The predicted octanol–water partition coefficient (Wildman–Crippen LogP) is 0.891. The Morgan fingerprint density at radius 2 is 2.31 bits per heavy atom. The first-order valence-electron chi connectivity index (χ1n) is 3.93. The van der Waals surface area contributed by atoms with Crippen molar-refractivity contribution in [1.29, 1.82) is 0 Å². The van der Waals surface area contributed by atoms with E-state index in [0.29, 0.717) is 12.2 Å². The van der Waals surface area contributed by atoms with E-state index in [-0.39, 0.29) is 5.69 Å². The number of hydrogen-bond acceptors (Lipinski definition) is 2. The molecule has 13 heavy (non-hydrogen) atoms. The zero-order valence-electron chi connectivity index (χ0n) is 6.85. The van der Waals surface area contributed by atoms with Crippen LogP contribution in [-0.4, -0.2) is 19.5 Å². The van der Waals surface area contributed by atoms with E-state index in [1.807, 2.05) is 18.2 Å². The Hall–Kier alpha value is -1.10. The molecule has 0 N–H and O–H groups in total. The van der Waals surface area contributed by atoms with Gasteiger partial charge in [0.1, 0.15) is 0 Å². The Morgan fingerprint density at radius 1 is 1.46 bits per heavy atom. The van der Waals surface area contributed by atoms with E-state index in [9.17, 15) is 4.79 Å².